The summed E-state index contributed by atoms with van der Waals surface area (Å²) in [7, 11) is 0. The van der Waals surface area contributed by atoms with Crippen LogP contribution in [0.1, 0.15) is 6.92 Å². The third-order valence-electron chi connectivity index (χ3n) is 4.27. The van der Waals surface area contributed by atoms with Gasteiger partial charge in [0.05, 0.1) is 5.69 Å². The quantitative estimate of drug-likeness (QED) is 0.848. The number of piperazine rings is 1. The molecular weight excluding hydrogens is 351 g/mol. The lowest BCUT2D eigenvalue weighted by atomic mass is 10.2. The van der Waals surface area contributed by atoms with Crippen molar-refractivity contribution in [2.75, 3.05) is 36.4 Å². The summed E-state index contributed by atoms with van der Waals surface area (Å²) in [6.45, 7) is 3.75. The normalized spacial score (nSPS) is 15.2. The van der Waals surface area contributed by atoms with E-state index in [0.717, 1.165) is 0 Å². The van der Waals surface area contributed by atoms with Gasteiger partial charge in [-0.2, -0.15) is 0 Å². The SMILES string of the molecule is C[C@@H](NC(=O)N1CCN(c2ncccn2)CC1)C(=O)Nc1ccccc1F. The number of hydrogen-bond donors (Lipinski definition) is 2. The number of carbonyl (C=O) groups is 2. The Labute approximate surface area is 156 Å². The molecule has 1 aliphatic rings. The van der Waals surface area contributed by atoms with Crippen molar-refractivity contribution >= 4 is 23.6 Å². The van der Waals surface area contributed by atoms with Crippen molar-refractivity contribution in [3.63, 3.8) is 0 Å². The average Bonchev–Trinajstić information content (AvgIpc) is 2.70. The summed E-state index contributed by atoms with van der Waals surface area (Å²) in [6.07, 6.45) is 3.36. The summed E-state index contributed by atoms with van der Waals surface area (Å²) in [5.74, 6) is -0.372. The molecule has 0 aliphatic carbocycles. The molecule has 3 rings (SSSR count). The fourth-order valence-electron chi connectivity index (χ4n) is 2.71. The Balaban J connectivity index is 1.49. The molecule has 9 heteroatoms. The number of hydrogen-bond acceptors (Lipinski definition) is 5. The molecule has 8 nitrogen and oxygen atoms in total. The molecule has 0 spiro atoms. The molecule has 1 fully saturated rings. The Bertz CT molecular complexity index is 795. The van der Waals surface area contributed by atoms with Crippen molar-refractivity contribution in [2.24, 2.45) is 0 Å². The van der Waals surface area contributed by atoms with Gasteiger partial charge in [0.15, 0.2) is 0 Å². The maximum absolute atomic E-state index is 13.6. The lowest BCUT2D eigenvalue weighted by molar-refractivity contribution is -0.117. The highest BCUT2D eigenvalue weighted by molar-refractivity contribution is 5.96. The first-order valence-electron chi connectivity index (χ1n) is 8.67. The van der Waals surface area contributed by atoms with Crippen LogP contribution in [-0.2, 0) is 4.79 Å². The number of amides is 3. The van der Waals surface area contributed by atoms with E-state index >= 15 is 0 Å². The van der Waals surface area contributed by atoms with Crippen LogP contribution in [0.25, 0.3) is 0 Å². The second kappa shape index (κ2) is 8.43. The van der Waals surface area contributed by atoms with Crippen LogP contribution >= 0.6 is 0 Å². The second-order valence-corrected chi connectivity index (χ2v) is 6.16. The largest absolute Gasteiger partial charge is 0.337 e. The van der Waals surface area contributed by atoms with Crippen molar-refractivity contribution < 1.29 is 14.0 Å². The van der Waals surface area contributed by atoms with Crippen LogP contribution in [0.4, 0.5) is 20.8 Å². The van der Waals surface area contributed by atoms with Crippen LogP contribution in [0.15, 0.2) is 42.7 Å². The molecule has 3 amide bonds. The number of benzene rings is 1. The number of anilines is 2. The van der Waals surface area contributed by atoms with Crippen molar-refractivity contribution in [2.45, 2.75) is 13.0 Å². The zero-order chi connectivity index (χ0) is 19.2. The molecule has 1 saturated heterocycles. The van der Waals surface area contributed by atoms with Gasteiger partial charge in [-0.3, -0.25) is 4.79 Å². The van der Waals surface area contributed by atoms with Gasteiger partial charge in [0.1, 0.15) is 11.9 Å². The highest BCUT2D eigenvalue weighted by Gasteiger charge is 2.25. The van der Waals surface area contributed by atoms with Gasteiger partial charge >= 0.3 is 6.03 Å². The minimum Gasteiger partial charge on any atom is -0.337 e. The molecule has 27 heavy (non-hydrogen) atoms. The fraction of sp³-hybridized carbons (Fsp3) is 0.333. The van der Waals surface area contributed by atoms with E-state index < -0.39 is 17.8 Å². The van der Waals surface area contributed by atoms with E-state index in [-0.39, 0.29) is 11.7 Å². The van der Waals surface area contributed by atoms with Crippen molar-refractivity contribution in [1.29, 1.82) is 0 Å². The zero-order valence-electron chi connectivity index (χ0n) is 14.9. The molecule has 1 aromatic carbocycles. The first-order valence-corrected chi connectivity index (χ1v) is 8.67. The van der Waals surface area contributed by atoms with E-state index in [1.54, 1.807) is 36.4 Å². The Hall–Kier alpha value is -3.23. The van der Waals surface area contributed by atoms with Crippen molar-refractivity contribution in [3.05, 3.63) is 48.5 Å². The van der Waals surface area contributed by atoms with Crippen molar-refractivity contribution in [3.8, 4) is 0 Å². The Kier molecular flexibility index (Phi) is 5.80. The Morgan fingerprint density at radius 3 is 2.41 bits per heavy atom. The van der Waals surface area contributed by atoms with E-state index in [0.29, 0.717) is 32.1 Å². The number of nitrogens with zero attached hydrogens (tertiary/aromatic N) is 4. The lowest BCUT2D eigenvalue weighted by Crippen LogP contribution is -2.55. The molecule has 1 atom stereocenters. The lowest BCUT2D eigenvalue weighted by Gasteiger charge is -2.35. The highest BCUT2D eigenvalue weighted by atomic mass is 19.1. The number of rotatable bonds is 4. The standard InChI is InChI=1S/C18H21FN6O2/c1-13(16(26)23-15-6-3-2-5-14(15)19)22-18(27)25-11-9-24(10-12-25)17-20-7-4-8-21-17/h2-8,13H,9-12H2,1H3,(H,22,27)(H,23,26)/t13-/m1/s1. The van der Waals surface area contributed by atoms with Gasteiger partial charge < -0.3 is 20.4 Å². The van der Waals surface area contributed by atoms with Crippen LogP contribution in [-0.4, -0.2) is 59.0 Å². The molecule has 1 aromatic heterocycles. The van der Waals surface area contributed by atoms with Gasteiger partial charge in [-0.05, 0) is 25.1 Å². The zero-order valence-corrected chi connectivity index (χ0v) is 14.9. The minimum atomic E-state index is -0.799. The molecular formula is C18H21FN6O2. The maximum atomic E-state index is 13.6. The molecule has 1 aliphatic heterocycles. The van der Waals surface area contributed by atoms with E-state index in [1.165, 1.54) is 18.2 Å². The van der Waals surface area contributed by atoms with Crippen LogP contribution in [0, 0.1) is 5.82 Å². The van der Waals surface area contributed by atoms with Gasteiger partial charge in [-0.15, -0.1) is 0 Å². The number of halogens is 1. The molecule has 0 saturated carbocycles. The molecule has 0 bridgehead atoms. The van der Waals surface area contributed by atoms with Crippen LogP contribution < -0.4 is 15.5 Å². The minimum absolute atomic E-state index is 0.0834. The summed E-state index contributed by atoms with van der Waals surface area (Å²) in [6, 6.07) is 6.50. The summed E-state index contributed by atoms with van der Waals surface area (Å²) >= 11 is 0. The highest BCUT2D eigenvalue weighted by Crippen LogP contribution is 2.13. The summed E-state index contributed by atoms with van der Waals surface area (Å²) < 4.78 is 13.6. The molecule has 0 radical (unpaired) electrons. The third-order valence-corrected chi connectivity index (χ3v) is 4.27. The van der Waals surface area contributed by atoms with Crippen LogP contribution in [0.2, 0.25) is 0 Å². The topological polar surface area (TPSA) is 90.5 Å². The first-order chi connectivity index (χ1) is 13.0. The predicted molar refractivity (Wildman–Crippen MR) is 98.8 cm³/mol. The maximum Gasteiger partial charge on any atom is 0.318 e. The van der Waals surface area contributed by atoms with E-state index in [9.17, 15) is 14.0 Å². The number of para-hydroxylation sites is 1. The number of nitrogens with one attached hydrogen (secondary N) is 2. The van der Waals surface area contributed by atoms with E-state index in [1.807, 2.05) is 4.90 Å². The number of aromatic nitrogens is 2. The van der Waals surface area contributed by atoms with Gasteiger partial charge in [-0.25, -0.2) is 19.2 Å². The third kappa shape index (κ3) is 4.69. The van der Waals surface area contributed by atoms with Crippen molar-refractivity contribution in [1.82, 2.24) is 20.2 Å². The summed E-state index contributed by atoms with van der Waals surface area (Å²) in [5, 5.41) is 5.12. The summed E-state index contributed by atoms with van der Waals surface area (Å²) in [5.41, 5.74) is 0.0834. The molecule has 0 unspecified atom stereocenters. The first kappa shape index (κ1) is 18.6. The average molecular weight is 372 g/mol. The van der Waals surface area contributed by atoms with Gasteiger partial charge in [0, 0.05) is 38.6 Å². The molecule has 2 heterocycles. The Morgan fingerprint density at radius 2 is 1.74 bits per heavy atom. The van der Waals surface area contributed by atoms with Gasteiger partial charge in [0.25, 0.3) is 0 Å². The number of urea groups is 1. The van der Waals surface area contributed by atoms with E-state index in [4.69, 9.17) is 0 Å². The predicted octanol–water partition coefficient (Wildman–Crippen LogP) is 1.47. The summed E-state index contributed by atoms with van der Waals surface area (Å²) in [4.78, 5) is 36.6. The second-order valence-electron chi connectivity index (χ2n) is 6.16. The molecule has 2 N–H and O–H groups in total. The van der Waals surface area contributed by atoms with Crippen LogP contribution in [0.5, 0.6) is 0 Å². The van der Waals surface area contributed by atoms with Gasteiger partial charge in [0.2, 0.25) is 11.9 Å². The molecule has 2 aromatic rings. The smallest absolute Gasteiger partial charge is 0.318 e. The van der Waals surface area contributed by atoms with Crippen LogP contribution in [0.3, 0.4) is 0 Å². The van der Waals surface area contributed by atoms with Gasteiger partial charge in [-0.1, -0.05) is 12.1 Å². The molecule has 142 valence electrons. The Morgan fingerprint density at radius 1 is 1.07 bits per heavy atom. The number of carbonyl (C=O) groups excluding carboxylic acids is 2. The van der Waals surface area contributed by atoms with E-state index in [2.05, 4.69) is 20.6 Å². The fourth-order valence-corrected chi connectivity index (χ4v) is 2.71. The monoisotopic (exact) mass is 372 g/mol.